The van der Waals surface area contributed by atoms with Crippen LogP contribution in [0.3, 0.4) is 0 Å². The molecule has 24 heteroatoms. The molecular weight excluding hydrogens is 1080 g/mol. The van der Waals surface area contributed by atoms with E-state index in [-0.39, 0.29) is 120 Å². The van der Waals surface area contributed by atoms with Crippen molar-refractivity contribution in [1.29, 1.82) is 0 Å². The van der Waals surface area contributed by atoms with Crippen LogP contribution in [0.25, 0.3) is 33.9 Å². The number of amides is 1. The number of ether oxygens (including phenoxy) is 3. The molecule has 13 rings (SSSR count). The first-order chi connectivity index (χ1) is 35.9. The van der Waals surface area contributed by atoms with E-state index in [4.69, 9.17) is 29.5 Å². The molecule has 0 saturated carbocycles. The van der Waals surface area contributed by atoms with E-state index in [0.717, 1.165) is 98.9 Å². The number of para-hydroxylation sites is 2. The summed E-state index contributed by atoms with van der Waals surface area (Å²) in [4.78, 5) is 55.7. The van der Waals surface area contributed by atoms with E-state index in [0.29, 0.717) is 66.5 Å². The van der Waals surface area contributed by atoms with Gasteiger partial charge in [0.05, 0.1) is 7.11 Å². The second-order valence-electron chi connectivity index (χ2n) is 18.2. The normalized spacial score (nSPS) is 19.9. The van der Waals surface area contributed by atoms with Crippen molar-refractivity contribution in [3.63, 3.8) is 0 Å². The summed E-state index contributed by atoms with van der Waals surface area (Å²) < 4.78 is 65.3. The third-order valence-corrected chi connectivity index (χ3v) is 14.7. The quantitative estimate of drug-likeness (QED) is 0.0864. The average Bonchev–Trinajstić information content (AvgIpc) is 4.29. The monoisotopic (exact) mass is 1130 g/mol. The van der Waals surface area contributed by atoms with E-state index in [9.17, 15) is 27.6 Å². The van der Waals surface area contributed by atoms with Gasteiger partial charge in [0.15, 0.2) is 11.6 Å². The Hall–Kier alpha value is -3.52. The number of benzene rings is 4. The zero-order chi connectivity index (χ0) is 51.9. The summed E-state index contributed by atoms with van der Waals surface area (Å²) in [5.74, 6) is 2.28. The van der Waals surface area contributed by atoms with Crippen molar-refractivity contribution in [3.8, 4) is 45.8 Å². The Balaban J connectivity index is 0.000000201. The van der Waals surface area contributed by atoms with Gasteiger partial charge in [0.25, 0.3) is 6.47 Å². The standard InChI is InChI=1S/C24H18F3N3O3S.C22H19N3O2S.C4H8O.CH2O3.CH4O2.2K.H/c25-24(26,27)22(31)30-14-6-7-15(30)10-13(9-14)20-16-3-1-2-4-18(16)33-19-11-12(5-8-17(19)20)21-28-23(32)34-29-21;26-22-24-21(25-28-22)12-5-8-17-19(11-12)27-18-4-2-1-3-16(18)20(17)13-9-14-6-7-15(10-13)23-14;1-2-4-5-3-1;2-1-4-3;1-3-2;;;/h1-5,8,11,14-15H,6-7,9-10H2,(H,28,29,32);1-5,8,11,14-15,23H,6-7,9-10H2,(H,24,25,26);1-4H2;1,3H;2H,1H3;;;/q;;;;;2*+1;-1/p-1. The minimum absolute atomic E-state index is 0. The molecule has 0 aliphatic carbocycles. The molecule has 2 aromatic heterocycles. The van der Waals surface area contributed by atoms with Crippen LogP contribution in [0.1, 0.15) is 87.9 Å². The molecule has 9 heterocycles. The first kappa shape index (κ1) is 60.1. The molecule has 76 heavy (non-hydrogen) atoms. The first-order valence-electron chi connectivity index (χ1n) is 23.9. The number of hydrogen-bond donors (Lipinski definition) is 4. The minimum Gasteiger partial charge on any atom is -1.00 e. The number of alkyl halides is 3. The summed E-state index contributed by atoms with van der Waals surface area (Å²) in [5.41, 5.74) is 10.4. The van der Waals surface area contributed by atoms with Crippen LogP contribution < -0.4 is 133 Å². The SMILES string of the molecule is C1CCOC1.COO.O=C(N1C2CCC1CC(=C1c3ccccc3Oc3cc(-c4nsc(=O)[nH]4)ccc31)C2)C(F)(F)F.O=CO[O-].O=c1[nH]c(-c2ccc3c(c2)Oc2ccccc2C3=C2CC3CCC(C2)N3)ns1.[H-].[K+].[K+]. The van der Waals surface area contributed by atoms with Gasteiger partial charge in [-0.2, -0.15) is 21.9 Å². The van der Waals surface area contributed by atoms with Gasteiger partial charge in [-0.15, -0.1) is 0 Å². The Bertz CT molecular complexity index is 3170. The maximum Gasteiger partial charge on any atom is 1.00 e. The van der Waals surface area contributed by atoms with Crippen LogP contribution in [0.4, 0.5) is 13.2 Å². The molecule has 4 unspecified atom stereocenters. The second-order valence-corrected chi connectivity index (χ2v) is 19.7. The van der Waals surface area contributed by atoms with Crippen molar-refractivity contribution in [3.05, 3.63) is 138 Å². The Morgan fingerprint density at radius 3 is 1.53 bits per heavy atom. The fourth-order valence-electron chi connectivity index (χ4n) is 10.8. The summed E-state index contributed by atoms with van der Waals surface area (Å²) >= 11 is 1.77. The van der Waals surface area contributed by atoms with Gasteiger partial charge < -0.3 is 36.0 Å². The zero-order valence-electron chi connectivity index (χ0n) is 42.8. The number of carbonyl (C=O) groups excluding carboxylic acids is 2. The number of aromatic amines is 2. The summed E-state index contributed by atoms with van der Waals surface area (Å²) in [6.07, 6.45) is 4.32. The van der Waals surface area contributed by atoms with Gasteiger partial charge in [0.2, 0.25) is 0 Å². The third-order valence-electron chi connectivity index (χ3n) is 13.6. The number of rotatable bonds is 3. The Morgan fingerprint density at radius 2 is 1.14 bits per heavy atom. The number of nitrogens with one attached hydrogen (secondary N) is 3. The number of halogens is 3. The van der Waals surface area contributed by atoms with Gasteiger partial charge in [-0.25, -0.2) is 4.89 Å². The Morgan fingerprint density at radius 1 is 0.724 bits per heavy atom. The van der Waals surface area contributed by atoms with Crippen LogP contribution in [0.2, 0.25) is 0 Å². The summed E-state index contributed by atoms with van der Waals surface area (Å²) in [5, 5.41) is 19.2. The predicted molar refractivity (Wildman–Crippen MR) is 267 cm³/mol. The maximum absolute atomic E-state index is 13.2. The van der Waals surface area contributed by atoms with Crippen LogP contribution >= 0.6 is 23.1 Å². The van der Waals surface area contributed by atoms with Crippen molar-refractivity contribution >= 4 is 46.6 Å². The smallest absolute Gasteiger partial charge is 1.00 e. The van der Waals surface area contributed by atoms with Gasteiger partial charge in [-0.3, -0.25) is 34.4 Å². The Kier molecular flexibility index (Phi) is 21.8. The summed E-state index contributed by atoms with van der Waals surface area (Å²) in [6, 6.07) is 27.8. The number of hydrogen-bond acceptors (Lipinski definition) is 16. The molecule has 1 amide bonds. The number of piperidine rings is 2. The zero-order valence-corrected chi connectivity index (χ0v) is 49.7. The molecule has 4 atom stereocenters. The molecule has 0 spiro atoms. The number of carbonyl (C=O) groups is 2. The van der Waals surface area contributed by atoms with E-state index >= 15 is 0 Å². The van der Waals surface area contributed by atoms with Gasteiger partial charge >= 0.3 is 125 Å². The molecular formula is C52H51F3K2N6O11S2. The minimum atomic E-state index is -4.86. The maximum atomic E-state index is 13.2. The number of fused-ring (bicyclic) bond motifs is 8. The molecule has 4 aromatic carbocycles. The van der Waals surface area contributed by atoms with E-state index in [1.807, 2.05) is 66.7 Å². The van der Waals surface area contributed by atoms with Gasteiger partial charge in [-0.1, -0.05) is 59.7 Å². The van der Waals surface area contributed by atoms with Gasteiger partial charge in [0.1, 0.15) is 23.0 Å². The molecule has 17 nitrogen and oxygen atoms in total. The van der Waals surface area contributed by atoms with E-state index in [1.165, 1.54) is 49.5 Å². The molecule has 6 aromatic rings. The predicted octanol–water partition coefficient (Wildman–Crippen LogP) is 2.90. The van der Waals surface area contributed by atoms with Crippen molar-refractivity contribution in [2.75, 3.05) is 20.3 Å². The van der Waals surface area contributed by atoms with E-state index < -0.39 is 24.2 Å². The molecule has 7 aliphatic rings. The molecule has 4 bridgehead atoms. The molecule has 5 saturated heterocycles. The van der Waals surface area contributed by atoms with Crippen molar-refractivity contribution < 1.29 is 161 Å². The number of aromatic nitrogens is 4. The van der Waals surface area contributed by atoms with Crippen LogP contribution in [0, 0.1) is 0 Å². The number of H-pyrrole nitrogens is 2. The fraction of sp³-hybridized carbons (Fsp3) is 0.346. The van der Waals surface area contributed by atoms with Gasteiger partial charge in [0, 0.05) is 93.8 Å². The van der Waals surface area contributed by atoms with Crippen molar-refractivity contribution in [2.24, 2.45) is 0 Å². The first-order valence-corrected chi connectivity index (χ1v) is 25.4. The molecule has 7 aliphatic heterocycles. The largest absolute Gasteiger partial charge is 1.00 e. The van der Waals surface area contributed by atoms with Gasteiger partial charge in [-0.05, 0) is 112 Å². The third kappa shape index (κ3) is 13.9. The average molecular weight is 1140 g/mol. The number of nitrogens with zero attached hydrogens (tertiary/aromatic N) is 3. The fourth-order valence-corrected chi connectivity index (χ4v) is 11.7. The van der Waals surface area contributed by atoms with Crippen LogP contribution in [0.5, 0.6) is 23.0 Å². The molecule has 390 valence electrons. The van der Waals surface area contributed by atoms with Crippen LogP contribution in [-0.2, 0) is 24.1 Å². The van der Waals surface area contributed by atoms with Crippen molar-refractivity contribution in [2.45, 2.75) is 94.6 Å². The topological polar surface area (TPSA) is 230 Å². The second kappa shape index (κ2) is 27.6. The summed E-state index contributed by atoms with van der Waals surface area (Å²) in [6.45, 7) is 1.82. The molecule has 0 radical (unpaired) electrons. The Labute approximate surface area is 528 Å². The molecule has 4 N–H and O–H groups in total. The summed E-state index contributed by atoms with van der Waals surface area (Å²) in [7, 11) is 1.18. The molecule has 5 fully saturated rings. The van der Waals surface area contributed by atoms with Crippen LogP contribution in [-0.4, -0.2) is 91.9 Å². The van der Waals surface area contributed by atoms with Crippen LogP contribution in [0.15, 0.2) is 106 Å². The van der Waals surface area contributed by atoms with E-state index in [2.05, 4.69) is 52.0 Å². The van der Waals surface area contributed by atoms with E-state index in [1.54, 1.807) is 0 Å². The van der Waals surface area contributed by atoms with Crippen molar-refractivity contribution in [1.82, 2.24) is 28.9 Å².